The van der Waals surface area contributed by atoms with Crippen LogP contribution in [0.4, 0.5) is 5.69 Å². The van der Waals surface area contributed by atoms with Crippen LogP contribution in [-0.2, 0) is 6.61 Å². The van der Waals surface area contributed by atoms with E-state index in [4.69, 9.17) is 10.5 Å². The summed E-state index contributed by atoms with van der Waals surface area (Å²) >= 11 is 0. The molecular formula is C12H11N5O3. The van der Waals surface area contributed by atoms with Gasteiger partial charge in [0.25, 0.3) is 5.56 Å². The molecule has 0 radical (unpaired) electrons. The molecule has 102 valence electrons. The first-order chi connectivity index (χ1) is 9.63. The summed E-state index contributed by atoms with van der Waals surface area (Å²) in [5.74, 6) is 0.936. The molecule has 0 aliphatic carbocycles. The van der Waals surface area contributed by atoms with E-state index in [0.29, 0.717) is 17.3 Å². The Labute approximate surface area is 111 Å². The van der Waals surface area contributed by atoms with Crippen molar-refractivity contribution in [3.8, 4) is 5.75 Å². The number of anilines is 1. The molecule has 20 heavy (non-hydrogen) atoms. The number of nitrogens with zero attached hydrogens (tertiary/aromatic N) is 1. The van der Waals surface area contributed by atoms with Gasteiger partial charge in [0, 0.05) is 0 Å². The molecule has 0 saturated carbocycles. The number of hydrogen-bond donors (Lipinski definition) is 4. The summed E-state index contributed by atoms with van der Waals surface area (Å²) < 4.78 is 5.50. The van der Waals surface area contributed by atoms with Crippen LogP contribution in [-0.4, -0.2) is 19.9 Å². The van der Waals surface area contributed by atoms with Crippen LogP contribution >= 0.6 is 0 Å². The molecule has 5 N–H and O–H groups in total. The van der Waals surface area contributed by atoms with Crippen molar-refractivity contribution in [3.05, 3.63) is 50.9 Å². The standard InChI is InChI=1S/C12H11N5O3/c13-6-3-1-2-4-7(6)20-5-8-14-9-10(15-8)16-12(19)17-11(9)18/h1-4H,5,13H2,(H3,14,15,16,17,18,19). The molecule has 0 saturated heterocycles. The van der Waals surface area contributed by atoms with Gasteiger partial charge < -0.3 is 15.5 Å². The van der Waals surface area contributed by atoms with E-state index in [2.05, 4.69) is 19.9 Å². The van der Waals surface area contributed by atoms with Gasteiger partial charge in [0.05, 0.1) is 5.69 Å². The number of hydrogen-bond acceptors (Lipinski definition) is 5. The lowest BCUT2D eigenvalue weighted by Gasteiger charge is -2.06. The minimum absolute atomic E-state index is 0.102. The van der Waals surface area contributed by atoms with Crippen molar-refractivity contribution in [2.45, 2.75) is 6.61 Å². The largest absolute Gasteiger partial charge is 0.484 e. The summed E-state index contributed by atoms with van der Waals surface area (Å²) in [6.45, 7) is 0.102. The highest BCUT2D eigenvalue weighted by molar-refractivity contribution is 5.68. The summed E-state index contributed by atoms with van der Waals surface area (Å²) in [5.41, 5.74) is 5.52. The van der Waals surface area contributed by atoms with Crippen LogP contribution in [0.1, 0.15) is 5.82 Å². The fourth-order valence-electron chi connectivity index (χ4n) is 1.81. The van der Waals surface area contributed by atoms with Crippen LogP contribution in [0.3, 0.4) is 0 Å². The van der Waals surface area contributed by atoms with Gasteiger partial charge in [0.2, 0.25) is 0 Å². The SMILES string of the molecule is Nc1ccccc1OCc1nc2[nH]c(=O)[nH]c(=O)c2[nH]1. The Morgan fingerprint density at radius 1 is 1.15 bits per heavy atom. The normalized spacial score (nSPS) is 10.8. The molecule has 2 heterocycles. The predicted octanol–water partition coefficient (Wildman–Crippen LogP) is 0.101. The molecule has 0 amide bonds. The van der Waals surface area contributed by atoms with Crippen molar-refractivity contribution in [3.63, 3.8) is 0 Å². The minimum Gasteiger partial charge on any atom is -0.484 e. The fraction of sp³-hybridized carbons (Fsp3) is 0.0833. The minimum atomic E-state index is -0.603. The van der Waals surface area contributed by atoms with E-state index in [9.17, 15) is 9.59 Å². The second kappa shape index (κ2) is 4.57. The molecule has 3 aromatic rings. The zero-order valence-corrected chi connectivity index (χ0v) is 10.3. The molecule has 0 aliphatic heterocycles. The second-order valence-electron chi connectivity index (χ2n) is 4.14. The second-order valence-corrected chi connectivity index (χ2v) is 4.14. The van der Waals surface area contributed by atoms with Gasteiger partial charge in [-0.25, -0.2) is 9.78 Å². The molecule has 0 atom stereocenters. The molecule has 0 fully saturated rings. The van der Waals surface area contributed by atoms with Crippen molar-refractivity contribution in [2.75, 3.05) is 5.73 Å². The zero-order chi connectivity index (χ0) is 14.1. The van der Waals surface area contributed by atoms with E-state index in [1.807, 2.05) is 0 Å². The Hall–Kier alpha value is -3.03. The molecule has 3 rings (SSSR count). The van der Waals surface area contributed by atoms with E-state index < -0.39 is 11.2 Å². The maximum absolute atomic E-state index is 11.5. The van der Waals surface area contributed by atoms with Crippen LogP contribution in [0.2, 0.25) is 0 Å². The molecule has 0 bridgehead atoms. The van der Waals surface area contributed by atoms with Crippen LogP contribution < -0.4 is 21.7 Å². The summed E-state index contributed by atoms with van der Waals surface area (Å²) in [6, 6.07) is 7.04. The van der Waals surface area contributed by atoms with Crippen molar-refractivity contribution in [2.24, 2.45) is 0 Å². The maximum Gasteiger partial charge on any atom is 0.327 e. The van der Waals surface area contributed by atoms with Gasteiger partial charge in [-0.1, -0.05) is 12.1 Å². The molecule has 0 aliphatic rings. The third-order valence-corrected chi connectivity index (χ3v) is 2.72. The van der Waals surface area contributed by atoms with Gasteiger partial charge in [-0.05, 0) is 12.1 Å². The number of aromatic nitrogens is 4. The average molecular weight is 273 g/mol. The number of imidazole rings is 1. The zero-order valence-electron chi connectivity index (χ0n) is 10.3. The van der Waals surface area contributed by atoms with Gasteiger partial charge in [0.1, 0.15) is 23.7 Å². The number of nitrogens with two attached hydrogens (primary N) is 1. The Morgan fingerprint density at radius 3 is 2.75 bits per heavy atom. The lowest BCUT2D eigenvalue weighted by atomic mass is 10.3. The molecule has 0 spiro atoms. The Balaban J connectivity index is 1.89. The van der Waals surface area contributed by atoms with Gasteiger partial charge in [-0.15, -0.1) is 0 Å². The van der Waals surface area contributed by atoms with Crippen LogP contribution in [0, 0.1) is 0 Å². The van der Waals surface area contributed by atoms with E-state index >= 15 is 0 Å². The summed E-state index contributed by atoms with van der Waals surface area (Å²) in [5, 5.41) is 0. The first-order valence-corrected chi connectivity index (χ1v) is 5.82. The van der Waals surface area contributed by atoms with Crippen LogP contribution in [0.5, 0.6) is 5.75 Å². The first kappa shape index (κ1) is 12.0. The number of fused-ring (bicyclic) bond motifs is 1. The van der Waals surface area contributed by atoms with Gasteiger partial charge >= 0.3 is 5.69 Å². The third kappa shape index (κ3) is 2.14. The van der Waals surface area contributed by atoms with Crippen molar-refractivity contribution < 1.29 is 4.74 Å². The number of ether oxygens (including phenoxy) is 1. The van der Waals surface area contributed by atoms with Gasteiger partial charge in [-0.2, -0.15) is 0 Å². The smallest absolute Gasteiger partial charge is 0.327 e. The maximum atomic E-state index is 11.5. The lowest BCUT2D eigenvalue weighted by Crippen LogP contribution is -2.21. The summed E-state index contributed by atoms with van der Waals surface area (Å²) in [7, 11) is 0. The van der Waals surface area contributed by atoms with E-state index in [0.717, 1.165) is 0 Å². The number of aromatic amines is 3. The van der Waals surface area contributed by atoms with Crippen LogP contribution in [0.25, 0.3) is 11.2 Å². The number of H-pyrrole nitrogens is 3. The monoisotopic (exact) mass is 273 g/mol. The quantitative estimate of drug-likeness (QED) is 0.503. The number of nitrogens with one attached hydrogen (secondary N) is 3. The molecule has 8 nitrogen and oxygen atoms in total. The van der Waals surface area contributed by atoms with E-state index in [-0.39, 0.29) is 17.8 Å². The van der Waals surface area contributed by atoms with Crippen molar-refractivity contribution in [1.82, 2.24) is 19.9 Å². The molecule has 0 unspecified atom stereocenters. The van der Waals surface area contributed by atoms with Crippen molar-refractivity contribution in [1.29, 1.82) is 0 Å². The molecule has 2 aromatic heterocycles. The molecule has 1 aromatic carbocycles. The predicted molar refractivity (Wildman–Crippen MR) is 72.5 cm³/mol. The topological polar surface area (TPSA) is 130 Å². The summed E-state index contributed by atoms with van der Waals surface area (Å²) in [4.78, 5) is 34.1. The van der Waals surface area contributed by atoms with Gasteiger partial charge in [-0.3, -0.25) is 14.8 Å². The van der Waals surface area contributed by atoms with E-state index in [1.54, 1.807) is 24.3 Å². The van der Waals surface area contributed by atoms with Crippen molar-refractivity contribution >= 4 is 16.9 Å². The highest BCUT2D eigenvalue weighted by atomic mass is 16.5. The highest BCUT2D eigenvalue weighted by Crippen LogP contribution is 2.20. The first-order valence-electron chi connectivity index (χ1n) is 5.82. The highest BCUT2D eigenvalue weighted by Gasteiger charge is 2.08. The number of rotatable bonds is 3. The molecule has 8 heteroatoms. The Kier molecular flexibility index (Phi) is 2.75. The van der Waals surface area contributed by atoms with E-state index in [1.165, 1.54) is 0 Å². The number of para-hydroxylation sites is 2. The van der Waals surface area contributed by atoms with Crippen LogP contribution in [0.15, 0.2) is 33.9 Å². The number of benzene rings is 1. The average Bonchev–Trinajstić information content (AvgIpc) is 2.81. The molecular weight excluding hydrogens is 262 g/mol. The van der Waals surface area contributed by atoms with Gasteiger partial charge in [0.15, 0.2) is 5.65 Å². The third-order valence-electron chi connectivity index (χ3n) is 2.72. The Bertz CT molecular complexity index is 876. The summed E-state index contributed by atoms with van der Waals surface area (Å²) in [6.07, 6.45) is 0. The fourth-order valence-corrected chi connectivity index (χ4v) is 1.81. The Morgan fingerprint density at radius 2 is 1.95 bits per heavy atom. The number of nitrogen functional groups attached to an aromatic ring is 1. The lowest BCUT2D eigenvalue weighted by molar-refractivity contribution is 0.299.